The highest BCUT2D eigenvalue weighted by molar-refractivity contribution is 5.93. The molecule has 0 aliphatic carbocycles. The van der Waals surface area contributed by atoms with Gasteiger partial charge in [0.15, 0.2) is 0 Å². The van der Waals surface area contributed by atoms with E-state index in [9.17, 15) is 4.79 Å². The molecular formula is C18H21N3O. The predicted molar refractivity (Wildman–Crippen MR) is 88.6 cm³/mol. The van der Waals surface area contributed by atoms with Crippen molar-refractivity contribution in [2.45, 2.75) is 32.7 Å². The number of fused-ring (bicyclic) bond motifs is 1. The first kappa shape index (κ1) is 14.6. The van der Waals surface area contributed by atoms with Crippen LogP contribution in [0.25, 0.3) is 0 Å². The first-order chi connectivity index (χ1) is 10.6. The summed E-state index contributed by atoms with van der Waals surface area (Å²) in [6.07, 6.45) is 2.20. The first-order valence-corrected chi connectivity index (χ1v) is 7.78. The van der Waals surface area contributed by atoms with Crippen LogP contribution in [-0.4, -0.2) is 23.5 Å². The van der Waals surface area contributed by atoms with Gasteiger partial charge in [-0.2, -0.15) is 0 Å². The Balaban J connectivity index is 1.92. The summed E-state index contributed by atoms with van der Waals surface area (Å²) in [6.45, 7) is 4.82. The van der Waals surface area contributed by atoms with E-state index >= 15 is 0 Å². The van der Waals surface area contributed by atoms with Gasteiger partial charge in [0.1, 0.15) is 11.5 Å². The van der Waals surface area contributed by atoms with Gasteiger partial charge in [-0.1, -0.05) is 24.3 Å². The molecule has 1 aromatic heterocycles. The van der Waals surface area contributed by atoms with Gasteiger partial charge in [0.05, 0.1) is 0 Å². The summed E-state index contributed by atoms with van der Waals surface area (Å²) in [5, 5.41) is 2.89. The van der Waals surface area contributed by atoms with Crippen LogP contribution in [0.4, 0.5) is 11.5 Å². The first-order valence-electron chi connectivity index (χ1n) is 7.78. The lowest BCUT2D eigenvalue weighted by Gasteiger charge is -2.30. The molecule has 0 fully saturated rings. The maximum atomic E-state index is 12.1. The number of nitrogens with zero attached hydrogens (tertiary/aromatic N) is 2. The largest absolute Gasteiger partial charge is 0.349 e. The Morgan fingerprint density at radius 2 is 2.00 bits per heavy atom. The summed E-state index contributed by atoms with van der Waals surface area (Å²) >= 11 is 0. The number of benzene rings is 1. The van der Waals surface area contributed by atoms with E-state index in [4.69, 9.17) is 0 Å². The summed E-state index contributed by atoms with van der Waals surface area (Å²) in [4.78, 5) is 18.9. The van der Waals surface area contributed by atoms with Crippen LogP contribution in [0.3, 0.4) is 0 Å². The Morgan fingerprint density at radius 1 is 1.18 bits per heavy atom. The maximum Gasteiger partial charge on any atom is 0.270 e. The van der Waals surface area contributed by atoms with E-state index in [2.05, 4.69) is 33.4 Å². The van der Waals surface area contributed by atoms with Gasteiger partial charge in [-0.15, -0.1) is 0 Å². The topological polar surface area (TPSA) is 45.2 Å². The minimum atomic E-state index is -0.123. The molecule has 114 valence electrons. The van der Waals surface area contributed by atoms with Crippen molar-refractivity contribution in [1.29, 1.82) is 0 Å². The normalized spacial score (nSPS) is 13.9. The summed E-state index contributed by atoms with van der Waals surface area (Å²) in [7, 11) is 0. The molecule has 0 saturated carbocycles. The van der Waals surface area contributed by atoms with Crippen molar-refractivity contribution in [3.63, 3.8) is 0 Å². The molecule has 0 unspecified atom stereocenters. The van der Waals surface area contributed by atoms with Crippen molar-refractivity contribution in [2.75, 3.05) is 11.4 Å². The fraction of sp³-hybridized carbons (Fsp3) is 0.333. The van der Waals surface area contributed by atoms with Gasteiger partial charge in [0, 0.05) is 18.3 Å². The highest BCUT2D eigenvalue weighted by Gasteiger charge is 2.19. The van der Waals surface area contributed by atoms with Crippen molar-refractivity contribution >= 4 is 17.4 Å². The zero-order valence-corrected chi connectivity index (χ0v) is 13.0. The van der Waals surface area contributed by atoms with E-state index in [1.54, 1.807) is 6.07 Å². The van der Waals surface area contributed by atoms with Gasteiger partial charge in [-0.3, -0.25) is 4.79 Å². The van der Waals surface area contributed by atoms with Gasteiger partial charge in [-0.05, 0) is 50.5 Å². The number of hydrogen-bond donors (Lipinski definition) is 1. The van der Waals surface area contributed by atoms with E-state index in [-0.39, 0.29) is 11.9 Å². The third-order valence-corrected chi connectivity index (χ3v) is 3.77. The molecular weight excluding hydrogens is 274 g/mol. The summed E-state index contributed by atoms with van der Waals surface area (Å²) in [6, 6.07) is 14.1. The van der Waals surface area contributed by atoms with Crippen LogP contribution in [-0.2, 0) is 6.42 Å². The Kier molecular flexibility index (Phi) is 4.09. The van der Waals surface area contributed by atoms with Crippen molar-refractivity contribution in [3.05, 3.63) is 53.7 Å². The monoisotopic (exact) mass is 295 g/mol. The second-order valence-electron chi connectivity index (χ2n) is 5.89. The number of carbonyl (C=O) groups excluding carboxylic acids is 1. The molecule has 2 aromatic rings. The SMILES string of the molecule is CC(C)NC(=O)c1cccc(N2CCCc3ccccc32)n1. The van der Waals surface area contributed by atoms with Gasteiger partial charge >= 0.3 is 0 Å². The number of hydrogen-bond acceptors (Lipinski definition) is 3. The Morgan fingerprint density at radius 3 is 2.82 bits per heavy atom. The van der Waals surface area contributed by atoms with Crippen LogP contribution in [0.5, 0.6) is 0 Å². The third kappa shape index (κ3) is 2.96. The molecule has 1 aromatic carbocycles. The third-order valence-electron chi connectivity index (χ3n) is 3.77. The number of aryl methyl sites for hydroxylation is 1. The number of anilines is 2. The number of nitrogens with one attached hydrogen (secondary N) is 1. The lowest BCUT2D eigenvalue weighted by atomic mass is 10.0. The van der Waals surface area contributed by atoms with Crippen molar-refractivity contribution in [2.24, 2.45) is 0 Å². The fourth-order valence-corrected chi connectivity index (χ4v) is 2.81. The van der Waals surface area contributed by atoms with Crippen LogP contribution in [0.1, 0.15) is 36.3 Å². The van der Waals surface area contributed by atoms with Gasteiger partial charge < -0.3 is 10.2 Å². The van der Waals surface area contributed by atoms with Crippen LogP contribution in [0, 0.1) is 0 Å². The number of amides is 1. The van der Waals surface area contributed by atoms with Gasteiger partial charge in [0.2, 0.25) is 0 Å². The van der Waals surface area contributed by atoms with Gasteiger partial charge in [-0.25, -0.2) is 4.98 Å². The highest BCUT2D eigenvalue weighted by Crippen LogP contribution is 2.32. The lowest BCUT2D eigenvalue weighted by Crippen LogP contribution is -2.31. The number of aromatic nitrogens is 1. The van der Waals surface area contributed by atoms with Crippen LogP contribution < -0.4 is 10.2 Å². The quantitative estimate of drug-likeness (QED) is 0.945. The number of carbonyl (C=O) groups is 1. The van der Waals surface area contributed by atoms with E-state index in [1.807, 2.05) is 32.0 Å². The molecule has 1 aliphatic rings. The smallest absolute Gasteiger partial charge is 0.270 e. The molecule has 0 atom stereocenters. The molecule has 0 radical (unpaired) electrons. The second kappa shape index (κ2) is 6.18. The lowest BCUT2D eigenvalue weighted by molar-refractivity contribution is 0.0938. The zero-order valence-electron chi connectivity index (χ0n) is 13.0. The minimum Gasteiger partial charge on any atom is -0.349 e. The number of para-hydroxylation sites is 1. The molecule has 1 N–H and O–H groups in total. The summed E-state index contributed by atoms with van der Waals surface area (Å²) in [5.41, 5.74) is 3.00. The number of rotatable bonds is 3. The zero-order chi connectivity index (χ0) is 15.5. The van der Waals surface area contributed by atoms with Crippen LogP contribution in [0.2, 0.25) is 0 Å². The molecule has 4 heteroatoms. The maximum absolute atomic E-state index is 12.1. The summed E-state index contributed by atoms with van der Waals surface area (Å²) < 4.78 is 0. The van der Waals surface area contributed by atoms with Gasteiger partial charge in [0.25, 0.3) is 5.91 Å². The highest BCUT2D eigenvalue weighted by atomic mass is 16.1. The molecule has 1 aliphatic heterocycles. The van der Waals surface area contributed by atoms with Crippen molar-refractivity contribution in [3.8, 4) is 0 Å². The molecule has 1 amide bonds. The molecule has 4 nitrogen and oxygen atoms in total. The molecule has 0 spiro atoms. The van der Waals surface area contributed by atoms with E-state index in [0.717, 1.165) is 25.2 Å². The van der Waals surface area contributed by atoms with E-state index < -0.39 is 0 Å². The van der Waals surface area contributed by atoms with Crippen LogP contribution >= 0.6 is 0 Å². The Bertz CT molecular complexity index is 682. The van der Waals surface area contributed by atoms with Crippen molar-refractivity contribution < 1.29 is 4.79 Å². The second-order valence-corrected chi connectivity index (χ2v) is 5.89. The standard InChI is InChI=1S/C18H21N3O/c1-13(2)19-18(22)15-9-5-11-17(20-15)21-12-6-8-14-7-3-4-10-16(14)21/h3-5,7,9-11,13H,6,8,12H2,1-2H3,(H,19,22). The van der Waals surface area contributed by atoms with Crippen LogP contribution in [0.15, 0.2) is 42.5 Å². The molecule has 2 heterocycles. The molecule has 22 heavy (non-hydrogen) atoms. The molecule has 3 rings (SSSR count). The average molecular weight is 295 g/mol. The minimum absolute atomic E-state index is 0.105. The Hall–Kier alpha value is -2.36. The van der Waals surface area contributed by atoms with E-state index in [0.29, 0.717) is 5.69 Å². The number of pyridine rings is 1. The van der Waals surface area contributed by atoms with E-state index in [1.165, 1.54) is 11.3 Å². The summed E-state index contributed by atoms with van der Waals surface area (Å²) in [5.74, 6) is 0.714. The molecule has 0 bridgehead atoms. The Labute approximate surface area is 131 Å². The fourth-order valence-electron chi connectivity index (χ4n) is 2.81. The predicted octanol–water partition coefficient (Wildman–Crippen LogP) is 3.30. The molecule has 0 saturated heterocycles. The van der Waals surface area contributed by atoms with Crippen molar-refractivity contribution in [1.82, 2.24) is 10.3 Å². The average Bonchev–Trinajstić information content (AvgIpc) is 2.54.